The van der Waals surface area contributed by atoms with Crippen molar-refractivity contribution in [2.24, 2.45) is 5.73 Å². The lowest BCUT2D eigenvalue weighted by atomic mass is 9.88. The van der Waals surface area contributed by atoms with Crippen molar-refractivity contribution in [3.8, 4) is 6.07 Å². The molecule has 4 N–H and O–H groups in total. The van der Waals surface area contributed by atoms with Crippen LogP contribution in [0.3, 0.4) is 0 Å². The highest BCUT2D eigenvalue weighted by molar-refractivity contribution is 5.99. The van der Waals surface area contributed by atoms with Crippen LogP contribution >= 0.6 is 0 Å². The maximum Gasteiger partial charge on any atom is 0.323 e. The molecule has 0 radical (unpaired) electrons. The third-order valence-electron chi connectivity index (χ3n) is 4.00. The summed E-state index contributed by atoms with van der Waals surface area (Å²) in [5.41, 5.74) is 10.5. The molecule has 1 aliphatic rings. The van der Waals surface area contributed by atoms with Crippen molar-refractivity contribution in [2.75, 3.05) is 10.6 Å². The molecule has 0 bridgehead atoms. The van der Waals surface area contributed by atoms with E-state index in [4.69, 9.17) is 11.0 Å². The number of urea groups is 1. The van der Waals surface area contributed by atoms with Crippen molar-refractivity contribution < 1.29 is 4.79 Å². The molecule has 2 aromatic rings. The van der Waals surface area contributed by atoms with Crippen LogP contribution in [-0.4, -0.2) is 12.1 Å². The number of hydrogen-bond donors (Lipinski definition) is 3. The molecule has 5 nitrogen and oxygen atoms in total. The minimum Gasteiger partial charge on any atom is -0.327 e. The molecule has 0 saturated carbocycles. The number of carbonyl (C=O) groups excluding carboxylic acids is 1. The molecular formula is C18H18N4O. The van der Waals surface area contributed by atoms with Crippen molar-refractivity contribution in [3.63, 3.8) is 0 Å². The molecule has 2 aromatic carbocycles. The Morgan fingerprint density at radius 1 is 1.09 bits per heavy atom. The highest BCUT2D eigenvalue weighted by atomic mass is 16.2. The largest absolute Gasteiger partial charge is 0.327 e. The first-order chi connectivity index (χ1) is 11.1. The molecule has 0 fully saturated rings. The first-order valence-electron chi connectivity index (χ1n) is 7.59. The summed E-state index contributed by atoms with van der Waals surface area (Å²) in [7, 11) is 0. The molecule has 0 heterocycles. The number of carbonyl (C=O) groups is 1. The topological polar surface area (TPSA) is 90.9 Å². The molecule has 2 amide bonds. The Balaban J connectivity index is 1.64. The minimum atomic E-state index is -0.304. The number of nitrogens with one attached hydrogen (secondary N) is 2. The van der Waals surface area contributed by atoms with Gasteiger partial charge in [-0.25, -0.2) is 4.79 Å². The van der Waals surface area contributed by atoms with Crippen molar-refractivity contribution in [1.29, 1.82) is 5.26 Å². The van der Waals surface area contributed by atoms with E-state index in [1.165, 1.54) is 11.1 Å². The second-order valence-corrected chi connectivity index (χ2v) is 5.75. The number of nitrogens with zero attached hydrogens (tertiary/aromatic N) is 1. The summed E-state index contributed by atoms with van der Waals surface area (Å²) < 4.78 is 0. The summed E-state index contributed by atoms with van der Waals surface area (Å²) in [6.07, 6.45) is 2.82. The van der Waals surface area contributed by atoms with E-state index >= 15 is 0 Å². The number of aryl methyl sites for hydroxylation is 1. The second-order valence-electron chi connectivity index (χ2n) is 5.75. The molecule has 0 spiro atoms. The highest BCUT2D eigenvalue weighted by Crippen LogP contribution is 2.24. The van der Waals surface area contributed by atoms with Gasteiger partial charge in [-0.3, -0.25) is 0 Å². The first-order valence-corrected chi connectivity index (χ1v) is 7.59. The number of benzene rings is 2. The predicted octanol–water partition coefficient (Wildman–Crippen LogP) is 3.02. The summed E-state index contributed by atoms with van der Waals surface area (Å²) in [5.74, 6) is 0. The number of nitrogens with two attached hydrogens (primary N) is 1. The number of anilines is 2. The van der Waals surface area contributed by atoms with Crippen LogP contribution in [0.25, 0.3) is 0 Å². The molecule has 0 aromatic heterocycles. The lowest BCUT2D eigenvalue weighted by Gasteiger charge is -2.22. The van der Waals surface area contributed by atoms with E-state index in [0.717, 1.165) is 24.9 Å². The SMILES string of the molecule is N#Cc1ccc(NC(=O)Nc2ccc3c(c2)CC[C@H](N)C3)cc1. The van der Waals surface area contributed by atoms with Crippen LogP contribution in [0.15, 0.2) is 42.5 Å². The van der Waals surface area contributed by atoms with Gasteiger partial charge in [0, 0.05) is 17.4 Å². The van der Waals surface area contributed by atoms with Crippen molar-refractivity contribution in [2.45, 2.75) is 25.3 Å². The summed E-state index contributed by atoms with van der Waals surface area (Å²) in [6.45, 7) is 0. The minimum absolute atomic E-state index is 0.237. The van der Waals surface area contributed by atoms with Crippen LogP contribution in [0.4, 0.5) is 16.2 Å². The molecule has 0 unspecified atom stereocenters. The number of hydrogen-bond acceptors (Lipinski definition) is 3. The van der Waals surface area contributed by atoms with E-state index in [-0.39, 0.29) is 12.1 Å². The summed E-state index contributed by atoms with van der Waals surface area (Å²) in [5, 5.41) is 14.3. The monoisotopic (exact) mass is 306 g/mol. The van der Waals surface area contributed by atoms with Gasteiger partial charge in [0.15, 0.2) is 0 Å². The lowest BCUT2D eigenvalue weighted by Crippen LogP contribution is -2.28. The van der Waals surface area contributed by atoms with Gasteiger partial charge in [-0.2, -0.15) is 5.26 Å². The first kappa shape index (κ1) is 15.1. The zero-order chi connectivity index (χ0) is 16.2. The fraction of sp³-hybridized carbons (Fsp3) is 0.222. The van der Waals surface area contributed by atoms with E-state index in [1.807, 2.05) is 24.3 Å². The van der Waals surface area contributed by atoms with Crippen LogP contribution in [-0.2, 0) is 12.8 Å². The van der Waals surface area contributed by atoms with Crippen LogP contribution in [0, 0.1) is 11.3 Å². The van der Waals surface area contributed by atoms with Crippen molar-refractivity contribution in [3.05, 3.63) is 59.2 Å². The molecule has 3 rings (SSSR count). The number of amides is 2. The predicted molar refractivity (Wildman–Crippen MR) is 90.2 cm³/mol. The Hall–Kier alpha value is -2.84. The van der Waals surface area contributed by atoms with Gasteiger partial charge >= 0.3 is 6.03 Å². The zero-order valence-electron chi connectivity index (χ0n) is 12.7. The van der Waals surface area contributed by atoms with E-state index in [1.54, 1.807) is 24.3 Å². The molecule has 116 valence electrons. The van der Waals surface area contributed by atoms with E-state index in [9.17, 15) is 4.79 Å². The summed E-state index contributed by atoms with van der Waals surface area (Å²) >= 11 is 0. The summed E-state index contributed by atoms with van der Waals surface area (Å²) in [4.78, 5) is 12.0. The average molecular weight is 306 g/mol. The Kier molecular flexibility index (Phi) is 4.26. The summed E-state index contributed by atoms with van der Waals surface area (Å²) in [6, 6.07) is 14.7. The number of nitriles is 1. The van der Waals surface area contributed by atoms with Gasteiger partial charge < -0.3 is 16.4 Å². The Morgan fingerprint density at radius 2 is 1.78 bits per heavy atom. The normalized spacial score (nSPS) is 16.1. The molecule has 0 aliphatic heterocycles. The number of fused-ring (bicyclic) bond motifs is 1. The van der Waals surface area contributed by atoms with Crippen molar-refractivity contribution in [1.82, 2.24) is 0 Å². The Morgan fingerprint density at radius 3 is 2.52 bits per heavy atom. The van der Waals surface area contributed by atoms with Crippen molar-refractivity contribution >= 4 is 17.4 Å². The lowest BCUT2D eigenvalue weighted by molar-refractivity contribution is 0.262. The number of rotatable bonds is 2. The van der Waals surface area contributed by atoms with Gasteiger partial charge in [0.2, 0.25) is 0 Å². The fourth-order valence-corrected chi connectivity index (χ4v) is 2.78. The van der Waals surface area contributed by atoms with E-state index < -0.39 is 0 Å². The third-order valence-corrected chi connectivity index (χ3v) is 4.00. The molecule has 23 heavy (non-hydrogen) atoms. The smallest absolute Gasteiger partial charge is 0.323 e. The fourth-order valence-electron chi connectivity index (χ4n) is 2.78. The molecule has 1 aliphatic carbocycles. The maximum atomic E-state index is 12.0. The quantitative estimate of drug-likeness (QED) is 0.796. The molecular weight excluding hydrogens is 288 g/mol. The Labute approximate surface area is 135 Å². The Bertz CT molecular complexity index is 762. The molecule has 1 atom stereocenters. The van der Waals surface area contributed by atoms with Crippen LogP contribution in [0.2, 0.25) is 0 Å². The third kappa shape index (κ3) is 3.68. The average Bonchev–Trinajstić information content (AvgIpc) is 2.55. The van der Waals surface area contributed by atoms with Gasteiger partial charge in [-0.15, -0.1) is 0 Å². The van der Waals surface area contributed by atoms with Crippen LogP contribution in [0.1, 0.15) is 23.1 Å². The second kappa shape index (κ2) is 6.51. The maximum absolute atomic E-state index is 12.0. The van der Waals surface area contributed by atoms with Crippen LogP contribution in [0.5, 0.6) is 0 Å². The van der Waals surface area contributed by atoms with Gasteiger partial charge in [0.05, 0.1) is 11.6 Å². The molecule has 5 heteroatoms. The van der Waals surface area contributed by atoms with E-state index in [2.05, 4.69) is 10.6 Å². The van der Waals surface area contributed by atoms with E-state index in [0.29, 0.717) is 11.3 Å². The van der Waals surface area contributed by atoms with Gasteiger partial charge in [0.1, 0.15) is 0 Å². The molecule has 0 saturated heterocycles. The highest BCUT2D eigenvalue weighted by Gasteiger charge is 2.15. The standard InChI is InChI=1S/C18H18N4O/c19-11-12-1-6-16(7-2-12)21-18(23)22-17-8-4-13-9-15(20)5-3-14(13)10-17/h1-2,4,6-8,10,15H,3,5,9,20H2,(H2,21,22,23)/t15-/m0/s1. The van der Waals surface area contributed by atoms with Gasteiger partial charge in [0.25, 0.3) is 0 Å². The van der Waals surface area contributed by atoms with Crippen LogP contribution < -0.4 is 16.4 Å². The van der Waals surface area contributed by atoms with Gasteiger partial charge in [-0.05, 0) is 66.8 Å². The van der Waals surface area contributed by atoms with Gasteiger partial charge in [-0.1, -0.05) is 6.07 Å². The zero-order valence-corrected chi connectivity index (χ0v) is 12.7.